The molecule has 0 N–H and O–H groups in total. The quantitative estimate of drug-likeness (QED) is 0.617. The van der Waals surface area contributed by atoms with Crippen molar-refractivity contribution in [2.45, 2.75) is 25.8 Å². The first-order valence-electron chi connectivity index (χ1n) is 9.21. The first-order valence-corrected chi connectivity index (χ1v) is 9.21. The number of rotatable bonds is 4. The molecule has 3 aliphatic rings. The van der Waals surface area contributed by atoms with E-state index in [2.05, 4.69) is 12.2 Å². The summed E-state index contributed by atoms with van der Waals surface area (Å²) in [6.07, 6.45) is 5.21. The number of allylic oxidation sites excluding steroid dienone is 2. The number of benzene rings is 1. The number of nitrogens with zero attached hydrogens (tertiary/aromatic N) is 2. The Kier molecular flexibility index (Phi) is 3.98. The Labute approximate surface area is 153 Å². The van der Waals surface area contributed by atoms with Gasteiger partial charge in [0.05, 0.1) is 24.3 Å². The van der Waals surface area contributed by atoms with E-state index in [4.69, 9.17) is 0 Å². The largest absolute Gasteiger partial charge is 0.349 e. The van der Waals surface area contributed by atoms with Crippen molar-refractivity contribution < 1.29 is 14.4 Å². The molecule has 5 heteroatoms. The summed E-state index contributed by atoms with van der Waals surface area (Å²) in [5.41, 5.74) is 1.87. The van der Waals surface area contributed by atoms with Crippen molar-refractivity contribution >= 4 is 17.7 Å². The van der Waals surface area contributed by atoms with E-state index in [1.54, 1.807) is 14.1 Å². The van der Waals surface area contributed by atoms with Crippen molar-refractivity contribution in [1.82, 2.24) is 9.80 Å². The molecular formula is C21H24N2O3. The number of hydrogen-bond donors (Lipinski definition) is 0. The Bertz CT molecular complexity index is 783. The smallest absolute Gasteiger partial charge is 0.234 e. The summed E-state index contributed by atoms with van der Waals surface area (Å²) < 4.78 is 0. The fraction of sp³-hybridized carbons (Fsp3) is 0.476. The van der Waals surface area contributed by atoms with Gasteiger partial charge in [-0.25, -0.2) is 0 Å². The van der Waals surface area contributed by atoms with E-state index in [9.17, 15) is 14.4 Å². The highest BCUT2D eigenvalue weighted by molar-refractivity contribution is 6.07. The average molecular weight is 352 g/mol. The maximum Gasteiger partial charge on any atom is 0.234 e. The second-order valence-electron chi connectivity index (χ2n) is 7.91. The molecule has 3 amide bonds. The minimum atomic E-state index is -0.531. The van der Waals surface area contributed by atoms with Gasteiger partial charge in [-0.2, -0.15) is 0 Å². The Morgan fingerprint density at radius 1 is 1.12 bits per heavy atom. The topological polar surface area (TPSA) is 57.7 Å². The highest BCUT2D eigenvalue weighted by Gasteiger charge is 2.60. The van der Waals surface area contributed by atoms with Crippen molar-refractivity contribution in [2.24, 2.45) is 23.7 Å². The number of hydrogen-bond acceptors (Lipinski definition) is 3. The Balaban J connectivity index is 1.73. The molecule has 1 saturated carbocycles. The van der Waals surface area contributed by atoms with Crippen LogP contribution < -0.4 is 0 Å². The molecule has 5 unspecified atom stereocenters. The SMILES string of the molecule is Cc1ccccc1C(CC(=O)N(C)C)N1C(=O)C2C3C=CC(C3)C2C1=O. The zero-order valence-corrected chi connectivity index (χ0v) is 15.4. The van der Waals surface area contributed by atoms with E-state index in [0.717, 1.165) is 17.5 Å². The molecule has 5 atom stereocenters. The lowest BCUT2D eigenvalue weighted by atomic mass is 9.85. The molecule has 1 saturated heterocycles. The predicted molar refractivity (Wildman–Crippen MR) is 96.8 cm³/mol. The fourth-order valence-electron chi connectivity index (χ4n) is 4.88. The van der Waals surface area contributed by atoms with E-state index in [1.807, 2.05) is 31.2 Å². The number of carbonyl (C=O) groups excluding carboxylic acids is 3. The first-order chi connectivity index (χ1) is 12.4. The minimum absolute atomic E-state index is 0.0861. The number of aryl methyl sites for hydroxylation is 1. The number of carbonyl (C=O) groups is 3. The van der Waals surface area contributed by atoms with E-state index in [1.165, 1.54) is 9.80 Å². The Hall–Kier alpha value is -2.43. The third-order valence-electron chi connectivity index (χ3n) is 6.23. The third-order valence-corrected chi connectivity index (χ3v) is 6.23. The van der Waals surface area contributed by atoms with Gasteiger partial charge in [0.2, 0.25) is 17.7 Å². The number of fused-ring (bicyclic) bond motifs is 5. The molecule has 1 heterocycles. The molecule has 4 rings (SSSR count). The monoisotopic (exact) mass is 352 g/mol. The molecule has 2 fully saturated rings. The average Bonchev–Trinajstić information content (AvgIpc) is 3.28. The van der Waals surface area contributed by atoms with Gasteiger partial charge in [-0.3, -0.25) is 19.3 Å². The molecule has 1 aliphatic heterocycles. The minimum Gasteiger partial charge on any atom is -0.349 e. The molecule has 2 aliphatic carbocycles. The van der Waals surface area contributed by atoms with Crippen LogP contribution in [0.1, 0.15) is 30.0 Å². The lowest BCUT2D eigenvalue weighted by Gasteiger charge is -2.29. The Morgan fingerprint density at radius 2 is 1.69 bits per heavy atom. The van der Waals surface area contributed by atoms with E-state index in [-0.39, 0.29) is 47.8 Å². The number of imide groups is 1. The molecule has 2 bridgehead atoms. The van der Waals surface area contributed by atoms with Crippen molar-refractivity contribution in [3.63, 3.8) is 0 Å². The molecule has 1 aromatic carbocycles. The molecular weight excluding hydrogens is 328 g/mol. The molecule has 0 spiro atoms. The van der Waals surface area contributed by atoms with Gasteiger partial charge in [-0.1, -0.05) is 36.4 Å². The second-order valence-corrected chi connectivity index (χ2v) is 7.91. The summed E-state index contributed by atoms with van der Waals surface area (Å²) in [7, 11) is 3.40. The normalized spacial score (nSPS) is 30.0. The summed E-state index contributed by atoms with van der Waals surface area (Å²) >= 11 is 0. The zero-order chi connectivity index (χ0) is 18.6. The second kappa shape index (κ2) is 6.08. The van der Waals surface area contributed by atoms with Gasteiger partial charge in [0.15, 0.2) is 0 Å². The fourth-order valence-corrected chi connectivity index (χ4v) is 4.88. The number of likely N-dealkylation sites (tertiary alicyclic amines) is 1. The van der Waals surface area contributed by atoms with Crippen LogP contribution in [0, 0.1) is 30.6 Å². The zero-order valence-electron chi connectivity index (χ0n) is 15.4. The summed E-state index contributed by atoms with van der Waals surface area (Å²) in [5.74, 6) is -0.413. The van der Waals surface area contributed by atoms with Crippen LogP contribution >= 0.6 is 0 Å². The summed E-state index contributed by atoms with van der Waals surface area (Å²) in [6, 6.07) is 7.17. The molecule has 5 nitrogen and oxygen atoms in total. The summed E-state index contributed by atoms with van der Waals surface area (Å²) in [4.78, 5) is 41.8. The van der Waals surface area contributed by atoms with Crippen LogP contribution in [0.5, 0.6) is 0 Å². The molecule has 0 aromatic heterocycles. The van der Waals surface area contributed by atoms with Crippen LogP contribution in [-0.2, 0) is 14.4 Å². The lowest BCUT2D eigenvalue weighted by Crippen LogP contribution is -2.39. The number of amides is 3. The van der Waals surface area contributed by atoms with Crippen molar-refractivity contribution in [3.8, 4) is 0 Å². The highest BCUT2D eigenvalue weighted by atomic mass is 16.2. The predicted octanol–water partition coefficient (Wildman–Crippen LogP) is 2.32. The van der Waals surface area contributed by atoms with Gasteiger partial charge in [0.25, 0.3) is 0 Å². The van der Waals surface area contributed by atoms with Crippen LogP contribution in [0.25, 0.3) is 0 Å². The van der Waals surface area contributed by atoms with Crippen molar-refractivity contribution in [1.29, 1.82) is 0 Å². The van der Waals surface area contributed by atoms with E-state index in [0.29, 0.717) is 0 Å². The van der Waals surface area contributed by atoms with Crippen molar-refractivity contribution in [2.75, 3.05) is 14.1 Å². The highest BCUT2D eigenvalue weighted by Crippen LogP contribution is 2.54. The van der Waals surface area contributed by atoms with E-state index >= 15 is 0 Å². The third kappa shape index (κ3) is 2.41. The van der Waals surface area contributed by atoms with Gasteiger partial charge in [0, 0.05) is 14.1 Å². The molecule has 136 valence electrons. The van der Waals surface area contributed by atoms with Crippen LogP contribution in [0.15, 0.2) is 36.4 Å². The molecule has 0 radical (unpaired) electrons. The molecule has 1 aromatic rings. The van der Waals surface area contributed by atoms with Gasteiger partial charge in [0.1, 0.15) is 0 Å². The van der Waals surface area contributed by atoms with Gasteiger partial charge < -0.3 is 4.90 Å². The van der Waals surface area contributed by atoms with Crippen LogP contribution in [0.2, 0.25) is 0 Å². The first kappa shape index (κ1) is 17.0. The van der Waals surface area contributed by atoms with Crippen LogP contribution in [-0.4, -0.2) is 41.6 Å². The maximum absolute atomic E-state index is 13.2. The summed E-state index contributed by atoms with van der Waals surface area (Å²) in [6.45, 7) is 1.96. The van der Waals surface area contributed by atoms with E-state index < -0.39 is 6.04 Å². The standard InChI is InChI=1S/C21H24N2O3/c1-12-6-4-5-7-15(12)16(11-17(24)22(2)3)23-20(25)18-13-8-9-14(10-13)19(18)21(23)26/h4-9,13-14,16,18-19H,10-11H2,1-3H3. The van der Waals surface area contributed by atoms with Crippen LogP contribution in [0.4, 0.5) is 0 Å². The molecule has 26 heavy (non-hydrogen) atoms. The van der Waals surface area contributed by atoms with Crippen LogP contribution in [0.3, 0.4) is 0 Å². The maximum atomic E-state index is 13.2. The van der Waals surface area contributed by atoms with Gasteiger partial charge in [-0.15, -0.1) is 0 Å². The Morgan fingerprint density at radius 3 is 2.23 bits per heavy atom. The van der Waals surface area contributed by atoms with Crippen molar-refractivity contribution in [3.05, 3.63) is 47.5 Å². The van der Waals surface area contributed by atoms with Gasteiger partial charge >= 0.3 is 0 Å². The van der Waals surface area contributed by atoms with Gasteiger partial charge in [-0.05, 0) is 36.3 Å². The summed E-state index contributed by atoms with van der Waals surface area (Å²) in [5, 5.41) is 0. The lowest BCUT2D eigenvalue weighted by molar-refractivity contribution is -0.145.